The number of hydrogen-bond donors (Lipinski definition) is 2. The Morgan fingerprint density at radius 3 is 1.33 bits per heavy atom. The fourth-order valence-corrected chi connectivity index (χ4v) is 1.91. The van der Waals surface area contributed by atoms with Crippen molar-refractivity contribution in [1.29, 1.82) is 0 Å². The molecule has 0 unspecified atom stereocenters. The first kappa shape index (κ1) is 12.5. The van der Waals surface area contributed by atoms with E-state index in [1.54, 1.807) is 0 Å². The number of fused-ring (bicyclic) bond motifs is 1. The van der Waals surface area contributed by atoms with Crippen LogP contribution < -0.4 is 10.6 Å². The number of nitrogens with one attached hydrogen (secondary N) is 2. The average Bonchev–Trinajstić information content (AvgIpc) is 2.34. The van der Waals surface area contributed by atoms with Gasteiger partial charge in [-0.25, -0.2) is 17.6 Å². The number of anilines is 2. The summed E-state index contributed by atoms with van der Waals surface area (Å²) in [5.41, 5.74) is -0.416. The molecule has 2 nitrogen and oxygen atoms in total. The maximum atomic E-state index is 13.5. The minimum absolute atomic E-state index is 0.0691. The van der Waals surface area contributed by atoms with Crippen LogP contribution >= 0.6 is 0 Å². The van der Waals surface area contributed by atoms with Crippen LogP contribution in [0.4, 0.5) is 28.9 Å². The Hall–Kier alpha value is -1.98. The predicted octanol–water partition coefficient (Wildman–Crippen LogP) is 3.48. The summed E-state index contributed by atoms with van der Waals surface area (Å²) >= 11 is 0. The van der Waals surface area contributed by atoms with Gasteiger partial charge < -0.3 is 10.6 Å². The van der Waals surface area contributed by atoms with Gasteiger partial charge in [0.2, 0.25) is 0 Å². The van der Waals surface area contributed by atoms with Crippen LogP contribution in [0, 0.1) is 23.3 Å². The first-order valence-corrected chi connectivity index (χ1v) is 5.16. The molecule has 0 aliphatic heterocycles. The zero-order chi connectivity index (χ0) is 13.4. The molecule has 0 atom stereocenters. The molecule has 0 saturated heterocycles. The molecule has 0 amide bonds. The van der Waals surface area contributed by atoms with Crippen molar-refractivity contribution in [2.24, 2.45) is 0 Å². The van der Waals surface area contributed by atoms with Crippen molar-refractivity contribution < 1.29 is 17.6 Å². The second-order valence-corrected chi connectivity index (χ2v) is 3.69. The number of rotatable bonds is 2. The van der Waals surface area contributed by atoms with Gasteiger partial charge in [0, 0.05) is 24.9 Å². The van der Waals surface area contributed by atoms with E-state index in [0.29, 0.717) is 0 Å². The maximum absolute atomic E-state index is 13.5. The van der Waals surface area contributed by atoms with Crippen molar-refractivity contribution in [1.82, 2.24) is 0 Å². The van der Waals surface area contributed by atoms with Gasteiger partial charge in [-0.1, -0.05) is 0 Å². The van der Waals surface area contributed by atoms with Crippen LogP contribution in [0.25, 0.3) is 10.8 Å². The fraction of sp³-hybridized carbons (Fsp3) is 0.167. The van der Waals surface area contributed by atoms with Crippen LogP contribution in [0.15, 0.2) is 12.1 Å². The molecule has 2 rings (SSSR count). The third-order valence-electron chi connectivity index (χ3n) is 2.73. The highest BCUT2D eigenvalue weighted by molar-refractivity contribution is 6.02. The Labute approximate surface area is 101 Å². The smallest absolute Gasteiger partial charge is 0.182 e. The molecule has 0 aliphatic carbocycles. The third-order valence-corrected chi connectivity index (χ3v) is 2.73. The van der Waals surface area contributed by atoms with E-state index in [0.717, 1.165) is 12.1 Å². The van der Waals surface area contributed by atoms with Crippen LogP contribution in [-0.2, 0) is 0 Å². The molecule has 0 aromatic heterocycles. The normalized spacial score (nSPS) is 10.8. The van der Waals surface area contributed by atoms with Crippen molar-refractivity contribution in [3.8, 4) is 0 Å². The lowest BCUT2D eigenvalue weighted by molar-refractivity contribution is 0.508. The van der Waals surface area contributed by atoms with Gasteiger partial charge in [-0.15, -0.1) is 0 Å². The van der Waals surface area contributed by atoms with Gasteiger partial charge in [0.1, 0.15) is 0 Å². The molecule has 18 heavy (non-hydrogen) atoms. The van der Waals surface area contributed by atoms with Crippen LogP contribution in [0.1, 0.15) is 0 Å². The molecule has 2 aromatic carbocycles. The van der Waals surface area contributed by atoms with E-state index in [1.165, 1.54) is 14.1 Å². The molecule has 96 valence electrons. The van der Waals surface area contributed by atoms with E-state index in [4.69, 9.17) is 0 Å². The molecule has 2 N–H and O–H groups in total. The summed E-state index contributed by atoms with van der Waals surface area (Å²) in [6.07, 6.45) is 0. The zero-order valence-corrected chi connectivity index (χ0v) is 9.67. The number of hydrogen-bond acceptors (Lipinski definition) is 2. The lowest BCUT2D eigenvalue weighted by Crippen LogP contribution is -2.02. The van der Waals surface area contributed by atoms with E-state index in [9.17, 15) is 17.6 Å². The second-order valence-electron chi connectivity index (χ2n) is 3.69. The molecule has 0 radical (unpaired) electrons. The minimum Gasteiger partial charge on any atom is -0.385 e. The van der Waals surface area contributed by atoms with Gasteiger partial charge in [-0.3, -0.25) is 0 Å². The largest absolute Gasteiger partial charge is 0.385 e. The predicted molar refractivity (Wildman–Crippen MR) is 62.9 cm³/mol. The first-order valence-electron chi connectivity index (χ1n) is 5.16. The maximum Gasteiger partial charge on any atom is 0.182 e. The molecular formula is C12H10F4N2. The Morgan fingerprint density at radius 2 is 1.06 bits per heavy atom. The summed E-state index contributed by atoms with van der Waals surface area (Å²) in [4.78, 5) is 0. The van der Waals surface area contributed by atoms with Crippen LogP contribution in [0.2, 0.25) is 0 Å². The van der Waals surface area contributed by atoms with Crippen LogP contribution in [0.5, 0.6) is 0 Å². The van der Waals surface area contributed by atoms with E-state index in [2.05, 4.69) is 10.6 Å². The lowest BCUT2D eigenvalue weighted by atomic mass is 10.0. The molecule has 0 saturated carbocycles. The van der Waals surface area contributed by atoms with Gasteiger partial charge >= 0.3 is 0 Å². The van der Waals surface area contributed by atoms with Crippen molar-refractivity contribution in [3.05, 3.63) is 35.4 Å². The molecule has 2 aromatic rings. The molecular weight excluding hydrogens is 248 g/mol. The van der Waals surface area contributed by atoms with Crippen molar-refractivity contribution >= 4 is 22.1 Å². The van der Waals surface area contributed by atoms with Gasteiger partial charge in [0.15, 0.2) is 23.3 Å². The van der Waals surface area contributed by atoms with Gasteiger partial charge in [0.25, 0.3) is 0 Å². The number of halogens is 4. The molecule has 0 heterocycles. The molecule has 0 spiro atoms. The Bertz CT molecular complexity index is 570. The van der Waals surface area contributed by atoms with Crippen molar-refractivity contribution in [2.45, 2.75) is 0 Å². The van der Waals surface area contributed by atoms with Crippen LogP contribution in [0.3, 0.4) is 0 Å². The summed E-state index contributed by atoms with van der Waals surface area (Å²) < 4.78 is 53.8. The Balaban J connectivity index is 3.00. The van der Waals surface area contributed by atoms with Gasteiger partial charge in [-0.05, 0) is 12.1 Å². The topological polar surface area (TPSA) is 24.1 Å². The Morgan fingerprint density at radius 1 is 0.722 bits per heavy atom. The molecule has 0 fully saturated rings. The number of benzene rings is 2. The SMILES string of the molecule is CNc1c(F)c(F)cc2c(NC)c(F)c(F)cc12. The monoisotopic (exact) mass is 258 g/mol. The Kier molecular flexibility index (Phi) is 3.02. The quantitative estimate of drug-likeness (QED) is 0.806. The summed E-state index contributed by atoms with van der Waals surface area (Å²) in [6.45, 7) is 0. The van der Waals surface area contributed by atoms with Crippen molar-refractivity contribution in [2.75, 3.05) is 24.7 Å². The van der Waals surface area contributed by atoms with Gasteiger partial charge in [0.05, 0.1) is 11.4 Å². The fourth-order valence-electron chi connectivity index (χ4n) is 1.91. The molecule has 0 bridgehead atoms. The summed E-state index contributed by atoms with van der Waals surface area (Å²) in [5.74, 6) is -4.51. The lowest BCUT2D eigenvalue weighted by Gasteiger charge is -2.13. The minimum atomic E-state index is -1.13. The summed E-state index contributed by atoms with van der Waals surface area (Å²) in [5, 5.41) is 5.03. The van der Waals surface area contributed by atoms with E-state index in [1.807, 2.05) is 0 Å². The van der Waals surface area contributed by atoms with E-state index < -0.39 is 23.3 Å². The third kappa shape index (κ3) is 1.64. The summed E-state index contributed by atoms with van der Waals surface area (Å²) in [6, 6.07) is 1.67. The molecule has 6 heteroatoms. The van der Waals surface area contributed by atoms with Crippen molar-refractivity contribution in [3.63, 3.8) is 0 Å². The summed E-state index contributed by atoms with van der Waals surface area (Å²) in [7, 11) is 2.75. The highest BCUT2D eigenvalue weighted by Crippen LogP contribution is 2.35. The van der Waals surface area contributed by atoms with E-state index in [-0.39, 0.29) is 22.1 Å². The van der Waals surface area contributed by atoms with E-state index >= 15 is 0 Å². The highest BCUT2D eigenvalue weighted by Gasteiger charge is 2.19. The van der Waals surface area contributed by atoms with Crippen LogP contribution in [-0.4, -0.2) is 14.1 Å². The van der Waals surface area contributed by atoms with Gasteiger partial charge in [-0.2, -0.15) is 0 Å². The average molecular weight is 258 g/mol. The zero-order valence-electron chi connectivity index (χ0n) is 9.67. The first-order chi connectivity index (χ1) is 8.51. The molecule has 0 aliphatic rings. The standard InChI is InChI=1S/C12H10F4N2/c1-17-11-5-3-8(14)10(16)12(18-2)6(5)4-7(13)9(11)15/h3-4,17-18H,1-2H3. The highest BCUT2D eigenvalue weighted by atomic mass is 19.2. The second kappa shape index (κ2) is 4.36.